The molecule has 0 spiro atoms. The van der Waals surface area contributed by atoms with E-state index >= 15 is 0 Å². The van der Waals surface area contributed by atoms with Crippen molar-refractivity contribution in [2.24, 2.45) is 7.05 Å². The molecule has 0 unspecified atom stereocenters. The molecule has 6 nitrogen and oxygen atoms in total. The van der Waals surface area contributed by atoms with Gasteiger partial charge in [0, 0.05) is 44.0 Å². The van der Waals surface area contributed by atoms with Crippen molar-refractivity contribution >= 4 is 33.8 Å². The van der Waals surface area contributed by atoms with Gasteiger partial charge >= 0.3 is 0 Å². The van der Waals surface area contributed by atoms with Gasteiger partial charge in [-0.2, -0.15) is 5.10 Å². The Morgan fingerprint density at radius 2 is 2.11 bits per heavy atom. The van der Waals surface area contributed by atoms with E-state index in [0.717, 1.165) is 28.2 Å². The fourth-order valence-corrected chi connectivity index (χ4v) is 4.01. The molecule has 4 rings (SSSR count). The van der Waals surface area contributed by atoms with Crippen LogP contribution in [0.3, 0.4) is 0 Å². The minimum absolute atomic E-state index is 0.0340. The first-order chi connectivity index (χ1) is 13.0. The van der Waals surface area contributed by atoms with Gasteiger partial charge in [-0.05, 0) is 18.1 Å². The number of hydrogen-bond acceptors (Lipinski definition) is 4. The fraction of sp³-hybridized carbons (Fsp3) is 0.211. The number of halogens is 1. The van der Waals surface area contributed by atoms with Crippen molar-refractivity contribution in [3.05, 3.63) is 64.5 Å². The van der Waals surface area contributed by atoms with Crippen molar-refractivity contribution in [2.75, 3.05) is 13.6 Å². The molecule has 0 radical (unpaired) electrons. The Morgan fingerprint density at radius 1 is 1.30 bits per heavy atom. The summed E-state index contributed by atoms with van der Waals surface area (Å²) in [6.07, 6.45) is 6.42. The fourth-order valence-electron chi connectivity index (χ4n) is 2.93. The molecular formula is C19H18ClN5OS. The van der Waals surface area contributed by atoms with Crippen LogP contribution in [0.2, 0.25) is 5.02 Å². The van der Waals surface area contributed by atoms with Gasteiger partial charge in [0.25, 0.3) is 5.91 Å². The lowest BCUT2D eigenvalue weighted by molar-refractivity contribution is 0.0790. The third kappa shape index (κ3) is 3.48. The molecule has 138 valence electrons. The Kier molecular flexibility index (Phi) is 4.72. The van der Waals surface area contributed by atoms with Gasteiger partial charge in [0.15, 0.2) is 4.96 Å². The number of hydrogen-bond donors (Lipinski definition) is 0. The highest BCUT2D eigenvalue weighted by Crippen LogP contribution is 2.29. The zero-order valence-corrected chi connectivity index (χ0v) is 16.5. The number of thiazole rings is 1. The predicted molar refractivity (Wildman–Crippen MR) is 107 cm³/mol. The summed E-state index contributed by atoms with van der Waals surface area (Å²) >= 11 is 7.73. The SMILES string of the molecule is CN(CCc1cnn(C)c1)C(=O)c1csc2nc(-c3ccccc3Cl)cn12. The summed E-state index contributed by atoms with van der Waals surface area (Å²) in [5.74, 6) is -0.0340. The number of nitrogens with zero attached hydrogens (tertiary/aromatic N) is 5. The van der Waals surface area contributed by atoms with Crippen LogP contribution in [0.15, 0.2) is 48.2 Å². The Balaban J connectivity index is 1.56. The Labute approximate surface area is 165 Å². The number of carbonyl (C=O) groups excluding carboxylic acids is 1. The molecule has 0 N–H and O–H groups in total. The molecule has 0 aliphatic heterocycles. The molecule has 8 heteroatoms. The summed E-state index contributed by atoms with van der Waals surface area (Å²) in [7, 11) is 3.70. The quantitative estimate of drug-likeness (QED) is 0.513. The molecule has 0 atom stereocenters. The van der Waals surface area contributed by atoms with Crippen molar-refractivity contribution in [3.63, 3.8) is 0 Å². The van der Waals surface area contributed by atoms with Crippen LogP contribution in [0, 0.1) is 0 Å². The van der Waals surface area contributed by atoms with E-state index < -0.39 is 0 Å². The van der Waals surface area contributed by atoms with Crippen molar-refractivity contribution < 1.29 is 4.79 Å². The maximum absolute atomic E-state index is 12.9. The highest BCUT2D eigenvalue weighted by atomic mass is 35.5. The number of benzene rings is 1. The number of rotatable bonds is 5. The number of carbonyl (C=O) groups is 1. The van der Waals surface area contributed by atoms with E-state index in [1.54, 1.807) is 9.58 Å². The van der Waals surface area contributed by atoms with Gasteiger partial charge < -0.3 is 4.90 Å². The van der Waals surface area contributed by atoms with Gasteiger partial charge in [0.05, 0.1) is 16.9 Å². The summed E-state index contributed by atoms with van der Waals surface area (Å²) < 4.78 is 3.60. The molecule has 0 saturated carbocycles. The average Bonchev–Trinajstić information content (AvgIpc) is 3.35. The van der Waals surface area contributed by atoms with E-state index in [1.807, 2.05) is 66.7 Å². The molecule has 1 aromatic carbocycles. The van der Waals surface area contributed by atoms with Crippen LogP contribution in [0.5, 0.6) is 0 Å². The minimum Gasteiger partial charge on any atom is -0.340 e. The number of aryl methyl sites for hydroxylation is 1. The van der Waals surface area contributed by atoms with Crippen molar-refractivity contribution in [1.82, 2.24) is 24.1 Å². The zero-order chi connectivity index (χ0) is 19.0. The first-order valence-corrected chi connectivity index (χ1v) is 9.73. The van der Waals surface area contributed by atoms with Crippen LogP contribution in [0.4, 0.5) is 0 Å². The second-order valence-corrected chi connectivity index (χ2v) is 7.62. The molecule has 0 saturated heterocycles. The topological polar surface area (TPSA) is 55.4 Å². The summed E-state index contributed by atoms with van der Waals surface area (Å²) in [4.78, 5) is 20.0. The monoisotopic (exact) mass is 399 g/mol. The van der Waals surface area contributed by atoms with E-state index in [-0.39, 0.29) is 5.91 Å². The molecule has 27 heavy (non-hydrogen) atoms. The largest absolute Gasteiger partial charge is 0.340 e. The van der Waals surface area contributed by atoms with E-state index in [0.29, 0.717) is 17.3 Å². The summed E-state index contributed by atoms with van der Waals surface area (Å²) in [5.41, 5.74) is 3.34. The number of aromatic nitrogens is 4. The van der Waals surface area contributed by atoms with Crippen molar-refractivity contribution in [1.29, 1.82) is 0 Å². The number of imidazole rings is 1. The van der Waals surface area contributed by atoms with Crippen molar-refractivity contribution in [2.45, 2.75) is 6.42 Å². The minimum atomic E-state index is -0.0340. The van der Waals surface area contributed by atoms with E-state index in [4.69, 9.17) is 11.6 Å². The van der Waals surface area contributed by atoms with Crippen LogP contribution in [-0.4, -0.2) is 43.6 Å². The second-order valence-electron chi connectivity index (χ2n) is 6.38. The molecule has 3 heterocycles. The van der Waals surface area contributed by atoms with Crippen LogP contribution in [-0.2, 0) is 13.5 Å². The second kappa shape index (κ2) is 7.17. The summed E-state index contributed by atoms with van der Waals surface area (Å²) in [6.45, 7) is 0.619. The third-order valence-electron chi connectivity index (χ3n) is 4.42. The number of fused-ring (bicyclic) bond motifs is 1. The summed E-state index contributed by atoms with van der Waals surface area (Å²) in [5, 5.41) is 6.65. The molecule has 0 bridgehead atoms. The molecule has 4 aromatic rings. The van der Waals surface area contributed by atoms with E-state index in [9.17, 15) is 4.79 Å². The van der Waals surface area contributed by atoms with E-state index in [2.05, 4.69) is 10.1 Å². The summed E-state index contributed by atoms with van der Waals surface area (Å²) in [6, 6.07) is 7.57. The number of amides is 1. The Morgan fingerprint density at radius 3 is 2.85 bits per heavy atom. The van der Waals surface area contributed by atoms with Gasteiger partial charge in [-0.3, -0.25) is 13.9 Å². The van der Waals surface area contributed by atoms with Gasteiger partial charge in [-0.25, -0.2) is 4.98 Å². The first-order valence-electron chi connectivity index (χ1n) is 8.47. The average molecular weight is 400 g/mol. The van der Waals surface area contributed by atoms with Gasteiger partial charge in [0.1, 0.15) is 5.69 Å². The van der Waals surface area contributed by atoms with Crippen LogP contribution >= 0.6 is 22.9 Å². The van der Waals surface area contributed by atoms with Crippen LogP contribution in [0.1, 0.15) is 16.1 Å². The van der Waals surface area contributed by atoms with Gasteiger partial charge in [-0.15, -0.1) is 11.3 Å². The first kappa shape index (κ1) is 17.8. The Hall–Kier alpha value is -2.64. The van der Waals surface area contributed by atoms with Crippen molar-refractivity contribution in [3.8, 4) is 11.3 Å². The zero-order valence-electron chi connectivity index (χ0n) is 15.0. The third-order valence-corrected chi connectivity index (χ3v) is 5.59. The lowest BCUT2D eigenvalue weighted by Crippen LogP contribution is -2.29. The maximum atomic E-state index is 12.9. The van der Waals surface area contributed by atoms with E-state index in [1.165, 1.54) is 11.3 Å². The lowest BCUT2D eigenvalue weighted by atomic mass is 10.2. The number of likely N-dealkylation sites (N-methyl/N-ethyl adjacent to an activating group) is 1. The predicted octanol–water partition coefficient (Wildman–Crippen LogP) is 3.76. The lowest BCUT2D eigenvalue weighted by Gasteiger charge is -2.16. The molecular weight excluding hydrogens is 382 g/mol. The van der Waals surface area contributed by atoms with Crippen LogP contribution < -0.4 is 0 Å². The smallest absolute Gasteiger partial charge is 0.271 e. The molecule has 0 fully saturated rings. The highest BCUT2D eigenvalue weighted by molar-refractivity contribution is 7.15. The highest BCUT2D eigenvalue weighted by Gasteiger charge is 2.19. The van der Waals surface area contributed by atoms with Gasteiger partial charge in [-0.1, -0.05) is 29.8 Å². The molecule has 0 aliphatic carbocycles. The van der Waals surface area contributed by atoms with Gasteiger partial charge in [0.2, 0.25) is 0 Å². The normalized spacial score (nSPS) is 11.2. The molecule has 0 aliphatic rings. The Bertz CT molecular complexity index is 1110. The molecule has 3 aromatic heterocycles. The molecule has 1 amide bonds. The van der Waals surface area contributed by atoms with Crippen LogP contribution in [0.25, 0.3) is 16.2 Å². The maximum Gasteiger partial charge on any atom is 0.271 e. The standard InChI is InChI=1S/C19H18ClN5OS/c1-23(8-7-13-9-21-24(2)10-13)18(26)17-12-27-19-22-16(11-25(17)19)14-5-3-4-6-15(14)20/h3-6,9-12H,7-8H2,1-2H3.